The Kier molecular flexibility index (Phi) is 5.40. The van der Waals surface area contributed by atoms with Crippen molar-refractivity contribution >= 4 is 27.5 Å². The van der Waals surface area contributed by atoms with E-state index in [0.29, 0.717) is 16.7 Å². The molecule has 0 heterocycles. The monoisotopic (exact) mass is 330 g/mol. The first-order valence-corrected chi connectivity index (χ1v) is 9.58. The lowest BCUT2D eigenvalue weighted by Crippen LogP contribution is -2.38. The normalized spacial score (nSPS) is 22.4. The molecule has 2 rings (SSSR count). The predicted molar refractivity (Wildman–Crippen MR) is 87.3 cm³/mol. The van der Waals surface area contributed by atoms with E-state index in [9.17, 15) is 8.42 Å². The van der Waals surface area contributed by atoms with Crippen molar-refractivity contribution in [2.45, 2.75) is 42.4 Å². The largest absolute Gasteiger partial charge is 0.495 e. The quantitative estimate of drug-likeness (QED) is 0.782. The third-order valence-corrected chi connectivity index (χ3v) is 6.47. The van der Waals surface area contributed by atoms with Crippen LogP contribution in [0.1, 0.15) is 26.2 Å². The Morgan fingerprint density at radius 1 is 1.43 bits per heavy atom. The molecule has 0 saturated heterocycles. The third kappa shape index (κ3) is 3.84. The van der Waals surface area contributed by atoms with E-state index in [4.69, 9.17) is 10.5 Å². The van der Waals surface area contributed by atoms with Gasteiger partial charge in [-0.25, -0.2) is 13.1 Å². The van der Waals surface area contributed by atoms with Crippen LogP contribution < -0.4 is 15.2 Å². The first-order chi connectivity index (χ1) is 9.97. The van der Waals surface area contributed by atoms with Crippen LogP contribution in [0.4, 0.5) is 5.69 Å². The first kappa shape index (κ1) is 16.5. The molecule has 1 aromatic rings. The van der Waals surface area contributed by atoms with Crippen molar-refractivity contribution in [2.24, 2.45) is 0 Å². The van der Waals surface area contributed by atoms with Crippen molar-refractivity contribution < 1.29 is 13.2 Å². The van der Waals surface area contributed by atoms with Crippen LogP contribution >= 0.6 is 11.8 Å². The first-order valence-electron chi connectivity index (χ1n) is 7.05. The maximum atomic E-state index is 12.5. The van der Waals surface area contributed by atoms with E-state index in [1.165, 1.54) is 19.2 Å². The Hall–Kier alpha value is -0.920. The molecular weight excluding hydrogens is 308 g/mol. The van der Waals surface area contributed by atoms with Gasteiger partial charge in [0.2, 0.25) is 10.0 Å². The van der Waals surface area contributed by atoms with Crippen LogP contribution in [0, 0.1) is 0 Å². The van der Waals surface area contributed by atoms with Crippen LogP contribution in [0.25, 0.3) is 0 Å². The van der Waals surface area contributed by atoms with E-state index in [2.05, 4.69) is 11.6 Å². The van der Waals surface area contributed by atoms with Gasteiger partial charge in [0.05, 0.1) is 17.7 Å². The Morgan fingerprint density at radius 3 is 2.86 bits per heavy atom. The highest BCUT2D eigenvalue weighted by Gasteiger charge is 2.31. The van der Waals surface area contributed by atoms with Crippen LogP contribution in [0.3, 0.4) is 0 Å². The van der Waals surface area contributed by atoms with Gasteiger partial charge in [-0.15, -0.1) is 0 Å². The number of rotatable bonds is 6. The van der Waals surface area contributed by atoms with Crippen molar-refractivity contribution in [2.75, 3.05) is 18.6 Å². The highest BCUT2D eigenvalue weighted by Crippen LogP contribution is 2.31. The summed E-state index contributed by atoms with van der Waals surface area (Å²) >= 11 is 1.82. The zero-order valence-corrected chi connectivity index (χ0v) is 14.0. The number of nitrogens with two attached hydrogens (primary N) is 1. The zero-order valence-electron chi connectivity index (χ0n) is 12.3. The minimum atomic E-state index is -3.54. The molecule has 0 spiro atoms. The van der Waals surface area contributed by atoms with E-state index in [0.717, 1.165) is 25.0 Å². The van der Waals surface area contributed by atoms with Gasteiger partial charge in [0.25, 0.3) is 0 Å². The molecule has 1 saturated carbocycles. The molecule has 3 N–H and O–H groups in total. The molecule has 0 aliphatic heterocycles. The summed E-state index contributed by atoms with van der Waals surface area (Å²) in [5.74, 6) is 1.38. The second-order valence-corrected chi connectivity index (χ2v) is 8.29. The molecular formula is C14H22N2O3S2. The van der Waals surface area contributed by atoms with Crippen LogP contribution in [0.15, 0.2) is 23.1 Å². The second kappa shape index (κ2) is 6.89. The Labute approximate surface area is 130 Å². The second-order valence-electron chi connectivity index (χ2n) is 5.06. The summed E-state index contributed by atoms with van der Waals surface area (Å²) in [7, 11) is -2.07. The molecule has 1 aromatic carbocycles. The summed E-state index contributed by atoms with van der Waals surface area (Å²) in [6.45, 7) is 2.10. The number of nitrogen functional groups attached to an aromatic ring is 1. The van der Waals surface area contributed by atoms with Crippen molar-refractivity contribution in [3.63, 3.8) is 0 Å². The van der Waals surface area contributed by atoms with Crippen LogP contribution in [-0.2, 0) is 10.0 Å². The molecule has 5 nitrogen and oxygen atoms in total. The van der Waals surface area contributed by atoms with Crippen molar-refractivity contribution in [1.29, 1.82) is 0 Å². The number of hydrogen-bond acceptors (Lipinski definition) is 5. The number of methoxy groups -OCH3 is 1. The number of benzene rings is 1. The van der Waals surface area contributed by atoms with Gasteiger partial charge in [-0.05, 0) is 30.7 Å². The Morgan fingerprint density at radius 2 is 2.19 bits per heavy atom. The highest BCUT2D eigenvalue weighted by atomic mass is 32.2. The highest BCUT2D eigenvalue weighted by molar-refractivity contribution is 8.00. The van der Waals surface area contributed by atoms with Crippen LogP contribution in [0.5, 0.6) is 5.75 Å². The molecule has 1 aliphatic carbocycles. The van der Waals surface area contributed by atoms with Gasteiger partial charge in [-0.1, -0.05) is 13.3 Å². The van der Waals surface area contributed by atoms with Gasteiger partial charge in [-0.2, -0.15) is 11.8 Å². The van der Waals surface area contributed by atoms with Gasteiger partial charge in [0.1, 0.15) is 5.75 Å². The molecule has 1 fully saturated rings. The number of anilines is 1. The molecule has 2 unspecified atom stereocenters. The summed E-state index contributed by atoms with van der Waals surface area (Å²) in [4.78, 5) is 0.195. The van der Waals surface area contributed by atoms with Crippen LogP contribution in [0.2, 0.25) is 0 Å². The maximum absolute atomic E-state index is 12.5. The molecule has 21 heavy (non-hydrogen) atoms. The summed E-state index contributed by atoms with van der Waals surface area (Å²) in [6, 6.07) is 4.54. The van der Waals surface area contributed by atoms with Crippen LogP contribution in [-0.4, -0.2) is 32.6 Å². The van der Waals surface area contributed by atoms with E-state index in [1.54, 1.807) is 6.07 Å². The lowest BCUT2D eigenvalue weighted by Gasteiger charge is -2.20. The fraction of sp³-hybridized carbons (Fsp3) is 0.571. The summed E-state index contributed by atoms with van der Waals surface area (Å²) in [5.41, 5.74) is 6.15. The van der Waals surface area contributed by atoms with Gasteiger partial charge in [-0.3, -0.25) is 0 Å². The average Bonchev–Trinajstić information content (AvgIpc) is 2.86. The standard InChI is InChI=1S/C14H22N2O3S2/c1-3-20-14-6-4-5-12(14)16-21(17,18)10-7-8-11(15)13(9-10)19-2/h7-9,12,14,16H,3-6,15H2,1-2H3. The average molecular weight is 330 g/mol. The fourth-order valence-electron chi connectivity index (χ4n) is 2.60. The van der Waals surface area contributed by atoms with Crippen molar-refractivity contribution in [1.82, 2.24) is 4.72 Å². The molecule has 2 atom stereocenters. The predicted octanol–water partition coefficient (Wildman–Crippen LogP) is 2.23. The minimum absolute atomic E-state index is 0.00324. The van der Waals surface area contributed by atoms with E-state index in [-0.39, 0.29) is 10.9 Å². The number of sulfonamides is 1. The van der Waals surface area contributed by atoms with Crippen molar-refractivity contribution in [3.8, 4) is 5.75 Å². The van der Waals surface area contributed by atoms with E-state index in [1.807, 2.05) is 11.8 Å². The van der Waals surface area contributed by atoms with E-state index >= 15 is 0 Å². The number of thioether (sulfide) groups is 1. The SMILES string of the molecule is CCSC1CCCC1NS(=O)(=O)c1ccc(N)c(OC)c1. The zero-order chi connectivity index (χ0) is 15.5. The molecule has 0 bridgehead atoms. The molecule has 118 valence electrons. The summed E-state index contributed by atoms with van der Waals surface area (Å²) < 4.78 is 32.9. The van der Waals surface area contributed by atoms with Gasteiger partial charge in [0, 0.05) is 17.4 Å². The molecule has 1 aliphatic rings. The van der Waals surface area contributed by atoms with Gasteiger partial charge < -0.3 is 10.5 Å². The summed E-state index contributed by atoms with van der Waals surface area (Å²) in [5, 5.41) is 0.362. The van der Waals surface area contributed by atoms with Crippen molar-refractivity contribution in [3.05, 3.63) is 18.2 Å². The Balaban J connectivity index is 2.18. The van der Waals surface area contributed by atoms with Gasteiger partial charge >= 0.3 is 0 Å². The van der Waals surface area contributed by atoms with E-state index < -0.39 is 10.0 Å². The number of ether oxygens (including phenoxy) is 1. The minimum Gasteiger partial charge on any atom is -0.495 e. The summed E-state index contributed by atoms with van der Waals surface area (Å²) in [6.07, 6.45) is 3.02. The number of hydrogen-bond donors (Lipinski definition) is 2. The number of nitrogens with one attached hydrogen (secondary N) is 1. The topological polar surface area (TPSA) is 81.4 Å². The Bertz CT molecular complexity index is 590. The van der Waals surface area contributed by atoms with Gasteiger partial charge in [0.15, 0.2) is 0 Å². The molecule has 0 amide bonds. The lowest BCUT2D eigenvalue weighted by atomic mass is 10.3. The molecule has 7 heteroatoms. The smallest absolute Gasteiger partial charge is 0.240 e. The fourth-order valence-corrected chi connectivity index (χ4v) is 5.21. The third-order valence-electron chi connectivity index (χ3n) is 3.66. The maximum Gasteiger partial charge on any atom is 0.240 e. The molecule has 0 aromatic heterocycles. The lowest BCUT2D eigenvalue weighted by molar-refractivity contribution is 0.415. The molecule has 0 radical (unpaired) electrons.